The summed E-state index contributed by atoms with van der Waals surface area (Å²) in [5.41, 5.74) is 1.10. The van der Waals surface area contributed by atoms with Crippen LogP contribution >= 0.6 is 0 Å². The second-order valence-electron chi connectivity index (χ2n) is 5.12. The molecule has 6 nitrogen and oxygen atoms in total. The van der Waals surface area contributed by atoms with Crippen molar-refractivity contribution < 1.29 is 29.6 Å². The predicted molar refractivity (Wildman–Crippen MR) is 76.9 cm³/mol. The van der Waals surface area contributed by atoms with Gasteiger partial charge in [0.05, 0.1) is 7.11 Å². The first-order valence-electron chi connectivity index (χ1n) is 6.58. The van der Waals surface area contributed by atoms with E-state index in [1.807, 2.05) is 0 Å². The Morgan fingerprint density at radius 3 is 2.59 bits per heavy atom. The molecule has 0 unspecified atom stereocenters. The summed E-state index contributed by atoms with van der Waals surface area (Å²) in [6.07, 6.45) is 0.113. The highest BCUT2D eigenvalue weighted by molar-refractivity contribution is 5.98. The number of carbonyl (C=O) groups is 1. The number of benzene rings is 2. The van der Waals surface area contributed by atoms with E-state index in [2.05, 4.69) is 0 Å². The summed E-state index contributed by atoms with van der Waals surface area (Å²) in [6.45, 7) is 1.62. The lowest BCUT2D eigenvalue weighted by molar-refractivity contribution is 0.0727. The van der Waals surface area contributed by atoms with Crippen molar-refractivity contribution in [1.29, 1.82) is 0 Å². The molecule has 22 heavy (non-hydrogen) atoms. The Bertz CT molecular complexity index is 794. The van der Waals surface area contributed by atoms with Crippen molar-refractivity contribution in [2.75, 3.05) is 7.11 Å². The number of aryl methyl sites for hydroxylation is 1. The lowest BCUT2D eigenvalue weighted by atomic mass is 9.96. The zero-order valence-electron chi connectivity index (χ0n) is 12.0. The first-order chi connectivity index (χ1) is 10.4. The Morgan fingerprint density at radius 1 is 1.18 bits per heavy atom. The maximum absolute atomic E-state index is 12.3. The molecule has 0 aromatic heterocycles. The van der Waals surface area contributed by atoms with E-state index in [1.54, 1.807) is 6.92 Å². The van der Waals surface area contributed by atoms with Crippen LogP contribution in [0.2, 0.25) is 0 Å². The molecule has 0 amide bonds. The fraction of sp³-hybridized carbons (Fsp3) is 0.188. The van der Waals surface area contributed by atoms with E-state index >= 15 is 0 Å². The van der Waals surface area contributed by atoms with E-state index in [0.29, 0.717) is 11.1 Å². The van der Waals surface area contributed by atoms with Gasteiger partial charge in [-0.05, 0) is 24.6 Å². The van der Waals surface area contributed by atoms with Crippen LogP contribution < -0.4 is 9.47 Å². The number of fused-ring (bicyclic) bond motifs is 2. The second-order valence-corrected chi connectivity index (χ2v) is 5.12. The number of carbonyl (C=O) groups excluding carboxylic acids is 1. The average Bonchev–Trinajstić information content (AvgIpc) is 2.60. The van der Waals surface area contributed by atoms with Crippen molar-refractivity contribution >= 4 is 5.97 Å². The Morgan fingerprint density at radius 2 is 1.91 bits per heavy atom. The molecule has 1 aliphatic heterocycles. The number of esters is 1. The zero-order chi connectivity index (χ0) is 16.0. The van der Waals surface area contributed by atoms with E-state index < -0.39 is 5.97 Å². The van der Waals surface area contributed by atoms with Gasteiger partial charge < -0.3 is 24.8 Å². The van der Waals surface area contributed by atoms with Gasteiger partial charge >= 0.3 is 5.97 Å². The molecular weight excluding hydrogens is 288 g/mol. The summed E-state index contributed by atoms with van der Waals surface area (Å²) in [5, 5.41) is 30.0. The van der Waals surface area contributed by atoms with Gasteiger partial charge in [-0.1, -0.05) is 0 Å². The van der Waals surface area contributed by atoms with Crippen molar-refractivity contribution in [2.24, 2.45) is 0 Å². The summed E-state index contributed by atoms with van der Waals surface area (Å²) in [6, 6.07) is 4.06. The summed E-state index contributed by atoms with van der Waals surface area (Å²) in [7, 11) is 1.39. The molecule has 1 aliphatic rings. The van der Waals surface area contributed by atoms with Crippen molar-refractivity contribution in [1.82, 2.24) is 0 Å². The number of phenols is 3. The molecule has 2 aromatic carbocycles. The Balaban J connectivity index is 2.29. The summed E-state index contributed by atoms with van der Waals surface area (Å²) >= 11 is 0. The van der Waals surface area contributed by atoms with Crippen LogP contribution in [0, 0.1) is 6.92 Å². The molecule has 0 atom stereocenters. The van der Waals surface area contributed by atoms with Crippen molar-refractivity contribution in [3.8, 4) is 28.7 Å². The molecule has 3 rings (SSSR count). The van der Waals surface area contributed by atoms with Gasteiger partial charge in [0, 0.05) is 23.6 Å². The highest BCUT2D eigenvalue weighted by atomic mass is 16.6. The molecule has 6 heteroatoms. The monoisotopic (exact) mass is 302 g/mol. The van der Waals surface area contributed by atoms with Gasteiger partial charge in [-0.25, -0.2) is 4.79 Å². The topological polar surface area (TPSA) is 96.2 Å². The van der Waals surface area contributed by atoms with Crippen LogP contribution in [-0.2, 0) is 6.42 Å². The van der Waals surface area contributed by atoms with Gasteiger partial charge in [0.15, 0.2) is 11.5 Å². The number of methoxy groups -OCH3 is 1. The number of aromatic hydroxyl groups is 3. The summed E-state index contributed by atoms with van der Waals surface area (Å²) in [4.78, 5) is 12.3. The van der Waals surface area contributed by atoms with Crippen molar-refractivity contribution in [3.63, 3.8) is 0 Å². The molecule has 0 saturated heterocycles. The quantitative estimate of drug-likeness (QED) is 0.425. The second kappa shape index (κ2) is 4.84. The Hall–Kier alpha value is -2.89. The first-order valence-corrected chi connectivity index (χ1v) is 6.58. The smallest absolute Gasteiger partial charge is 0.347 e. The molecule has 0 aliphatic carbocycles. The highest BCUT2D eigenvalue weighted by Crippen LogP contribution is 2.43. The van der Waals surface area contributed by atoms with E-state index in [0.717, 1.165) is 0 Å². The number of hydrogen-bond donors (Lipinski definition) is 3. The first kappa shape index (κ1) is 14.1. The third-order valence-electron chi connectivity index (χ3n) is 3.67. The molecule has 0 fully saturated rings. The minimum Gasteiger partial charge on any atom is -0.508 e. The van der Waals surface area contributed by atoms with Crippen LogP contribution in [0.1, 0.15) is 27.0 Å². The minimum atomic E-state index is -0.787. The normalized spacial score (nSPS) is 12.9. The van der Waals surface area contributed by atoms with E-state index in [4.69, 9.17) is 9.47 Å². The van der Waals surface area contributed by atoms with Gasteiger partial charge in [0.25, 0.3) is 0 Å². The SMILES string of the molecule is COc1cc(O)cc2c1OC(=O)c1c(O)cc(C)c(O)c1C2. The Kier molecular flexibility index (Phi) is 3.09. The van der Waals surface area contributed by atoms with Gasteiger partial charge in [-0.2, -0.15) is 0 Å². The lowest BCUT2D eigenvalue weighted by Gasteiger charge is -2.11. The molecule has 0 radical (unpaired) electrons. The van der Waals surface area contributed by atoms with Crippen LogP contribution in [0.4, 0.5) is 0 Å². The average molecular weight is 302 g/mol. The molecule has 114 valence electrons. The fourth-order valence-corrected chi connectivity index (χ4v) is 2.63. The van der Waals surface area contributed by atoms with Gasteiger partial charge in [-0.15, -0.1) is 0 Å². The van der Waals surface area contributed by atoms with Crippen LogP contribution in [0.15, 0.2) is 18.2 Å². The number of rotatable bonds is 1. The number of hydrogen-bond acceptors (Lipinski definition) is 6. The van der Waals surface area contributed by atoms with Crippen LogP contribution in [0.5, 0.6) is 28.7 Å². The van der Waals surface area contributed by atoms with Crippen LogP contribution in [-0.4, -0.2) is 28.4 Å². The molecular formula is C16H14O6. The predicted octanol–water partition coefficient (Wildman–Crippen LogP) is 2.24. The number of ether oxygens (including phenoxy) is 2. The third kappa shape index (κ3) is 2.00. The standard InChI is InChI=1S/C16H14O6/c1-7-3-11(18)13-10(14(7)19)5-8-4-9(17)6-12(21-2)15(8)22-16(13)20/h3-4,6,17-19H,5H2,1-2H3. The minimum absolute atomic E-state index is 0.0496. The highest BCUT2D eigenvalue weighted by Gasteiger charge is 2.30. The largest absolute Gasteiger partial charge is 0.508 e. The van der Waals surface area contributed by atoms with E-state index in [1.165, 1.54) is 25.3 Å². The molecule has 0 spiro atoms. The van der Waals surface area contributed by atoms with Crippen LogP contribution in [0.25, 0.3) is 0 Å². The third-order valence-corrected chi connectivity index (χ3v) is 3.67. The Labute approximate surface area is 126 Å². The number of phenolic OH excluding ortho intramolecular Hbond substituents is 3. The molecule has 1 heterocycles. The maximum Gasteiger partial charge on any atom is 0.347 e. The molecule has 3 N–H and O–H groups in total. The molecule has 0 saturated carbocycles. The summed E-state index contributed by atoms with van der Waals surface area (Å²) in [5.74, 6) is -0.812. The van der Waals surface area contributed by atoms with E-state index in [-0.39, 0.29) is 46.3 Å². The molecule has 0 bridgehead atoms. The van der Waals surface area contributed by atoms with Crippen molar-refractivity contribution in [3.05, 3.63) is 40.5 Å². The van der Waals surface area contributed by atoms with Gasteiger partial charge in [0.2, 0.25) is 0 Å². The zero-order valence-corrected chi connectivity index (χ0v) is 12.0. The maximum atomic E-state index is 12.3. The van der Waals surface area contributed by atoms with Crippen molar-refractivity contribution in [2.45, 2.75) is 13.3 Å². The lowest BCUT2D eigenvalue weighted by Crippen LogP contribution is -2.10. The van der Waals surface area contributed by atoms with Gasteiger partial charge in [0.1, 0.15) is 22.8 Å². The summed E-state index contributed by atoms with van der Waals surface area (Å²) < 4.78 is 10.4. The fourth-order valence-electron chi connectivity index (χ4n) is 2.63. The molecule has 2 aromatic rings. The van der Waals surface area contributed by atoms with Gasteiger partial charge in [-0.3, -0.25) is 0 Å². The van der Waals surface area contributed by atoms with Crippen LogP contribution in [0.3, 0.4) is 0 Å². The van der Waals surface area contributed by atoms with E-state index in [9.17, 15) is 20.1 Å².